The van der Waals surface area contributed by atoms with Gasteiger partial charge in [-0.2, -0.15) is 13.2 Å². The molecular formula is C12H15F3N2O. The fourth-order valence-electron chi connectivity index (χ4n) is 1.94. The maximum Gasteiger partial charge on any atom is 0.433 e. The summed E-state index contributed by atoms with van der Waals surface area (Å²) in [5.74, 6) is 0.589. The fourth-order valence-corrected chi connectivity index (χ4v) is 1.94. The van der Waals surface area contributed by atoms with E-state index in [-0.39, 0.29) is 5.88 Å². The van der Waals surface area contributed by atoms with Crippen molar-refractivity contribution in [2.45, 2.75) is 19.0 Å². The van der Waals surface area contributed by atoms with Gasteiger partial charge in [0.05, 0.1) is 6.61 Å². The van der Waals surface area contributed by atoms with Gasteiger partial charge in [-0.1, -0.05) is 6.07 Å². The van der Waals surface area contributed by atoms with Crippen LogP contribution in [0.25, 0.3) is 0 Å². The molecule has 3 nitrogen and oxygen atoms in total. The number of halogens is 3. The van der Waals surface area contributed by atoms with Gasteiger partial charge in [-0.25, -0.2) is 4.98 Å². The molecule has 2 rings (SSSR count). The van der Waals surface area contributed by atoms with E-state index in [9.17, 15) is 13.2 Å². The van der Waals surface area contributed by atoms with E-state index in [1.165, 1.54) is 12.1 Å². The van der Waals surface area contributed by atoms with Crippen molar-refractivity contribution in [1.82, 2.24) is 10.3 Å². The average molecular weight is 260 g/mol. The van der Waals surface area contributed by atoms with Crippen molar-refractivity contribution in [2.75, 3.05) is 19.7 Å². The van der Waals surface area contributed by atoms with Gasteiger partial charge in [0.15, 0.2) is 0 Å². The van der Waals surface area contributed by atoms with Crippen LogP contribution >= 0.6 is 0 Å². The molecule has 2 heterocycles. The zero-order valence-electron chi connectivity index (χ0n) is 9.83. The van der Waals surface area contributed by atoms with Crippen LogP contribution < -0.4 is 10.1 Å². The van der Waals surface area contributed by atoms with Gasteiger partial charge >= 0.3 is 6.18 Å². The minimum atomic E-state index is -4.42. The van der Waals surface area contributed by atoms with Crippen molar-refractivity contribution >= 4 is 0 Å². The molecule has 0 spiro atoms. The predicted molar refractivity (Wildman–Crippen MR) is 60.3 cm³/mol. The molecule has 0 aliphatic carbocycles. The lowest BCUT2D eigenvalue weighted by Crippen LogP contribution is -2.13. The molecule has 6 heteroatoms. The first kappa shape index (κ1) is 13.1. The first-order chi connectivity index (χ1) is 8.55. The van der Waals surface area contributed by atoms with E-state index in [1.54, 1.807) is 0 Å². The Bertz CT molecular complexity index is 389. The molecular weight excluding hydrogens is 245 g/mol. The predicted octanol–water partition coefficient (Wildman–Crippen LogP) is 2.48. The Morgan fingerprint density at radius 2 is 2.22 bits per heavy atom. The van der Waals surface area contributed by atoms with Crippen LogP contribution in [0.2, 0.25) is 0 Å². The number of ether oxygens (including phenoxy) is 1. The fraction of sp³-hybridized carbons (Fsp3) is 0.583. The van der Waals surface area contributed by atoms with E-state index in [0.717, 1.165) is 32.0 Å². The highest BCUT2D eigenvalue weighted by Crippen LogP contribution is 2.28. The van der Waals surface area contributed by atoms with Crippen LogP contribution in [0, 0.1) is 5.92 Å². The van der Waals surface area contributed by atoms with E-state index in [4.69, 9.17) is 4.74 Å². The molecule has 1 saturated heterocycles. The Morgan fingerprint density at radius 3 is 2.89 bits per heavy atom. The normalized spacial score (nSPS) is 20.1. The molecule has 1 N–H and O–H groups in total. The summed E-state index contributed by atoms with van der Waals surface area (Å²) < 4.78 is 42.5. The molecule has 1 unspecified atom stereocenters. The highest BCUT2D eigenvalue weighted by molar-refractivity contribution is 5.17. The minimum absolute atomic E-state index is 0.0378. The Kier molecular flexibility index (Phi) is 4.06. The molecule has 18 heavy (non-hydrogen) atoms. The van der Waals surface area contributed by atoms with E-state index in [0.29, 0.717) is 12.5 Å². The zero-order chi connectivity index (χ0) is 13.0. The summed E-state index contributed by atoms with van der Waals surface area (Å²) in [5.41, 5.74) is -0.914. The van der Waals surface area contributed by atoms with Crippen molar-refractivity contribution in [2.24, 2.45) is 5.92 Å². The maximum atomic E-state index is 12.4. The largest absolute Gasteiger partial charge is 0.478 e. The molecule has 1 aliphatic heterocycles. The Balaban J connectivity index is 1.85. The Morgan fingerprint density at radius 1 is 1.39 bits per heavy atom. The standard InChI is InChI=1S/C12H15F3N2O/c13-12(14,15)10-2-1-3-11(17-10)18-7-5-9-4-6-16-8-9/h1-3,9,16H,4-8H2. The third kappa shape index (κ3) is 3.60. The zero-order valence-corrected chi connectivity index (χ0v) is 9.83. The molecule has 0 radical (unpaired) electrons. The van der Waals surface area contributed by atoms with Crippen LogP contribution in [-0.4, -0.2) is 24.7 Å². The number of hydrogen-bond acceptors (Lipinski definition) is 3. The van der Waals surface area contributed by atoms with Gasteiger partial charge in [-0.3, -0.25) is 0 Å². The lowest BCUT2D eigenvalue weighted by atomic mass is 10.1. The second-order valence-corrected chi connectivity index (χ2v) is 4.35. The third-order valence-corrected chi connectivity index (χ3v) is 2.95. The molecule has 0 bridgehead atoms. The van der Waals surface area contributed by atoms with Crippen LogP contribution in [-0.2, 0) is 6.18 Å². The van der Waals surface area contributed by atoms with E-state index in [1.807, 2.05) is 0 Å². The second kappa shape index (κ2) is 5.56. The molecule has 0 aromatic carbocycles. The Labute approximate surface area is 103 Å². The monoisotopic (exact) mass is 260 g/mol. The van der Waals surface area contributed by atoms with Gasteiger partial charge in [0.1, 0.15) is 5.69 Å². The summed E-state index contributed by atoms with van der Waals surface area (Å²) in [7, 11) is 0. The van der Waals surface area contributed by atoms with Crippen molar-refractivity contribution in [1.29, 1.82) is 0 Å². The number of nitrogens with one attached hydrogen (secondary N) is 1. The number of pyridine rings is 1. The van der Waals surface area contributed by atoms with Crippen molar-refractivity contribution in [3.63, 3.8) is 0 Å². The van der Waals surface area contributed by atoms with Crippen molar-refractivity contribution in [3.8, 4) is 5.88 Å². The molecule has 1 aromatic heterocycles. The van der Waals surface area contributed by atoms with Crippen LogP contribution in [0.15, 0.2) is 18.2 Å². The summed E-state index contributed by atoms with van der Waals surface area (Å²) in [4.78, 5) is 3.45. The lowest BCUT2D eigenvalue weighted by Gasteiger charge is -2.11. The van der Waals surface area contributed by atoms with Gasteiger partial charge in [-0.15, -0.1) is 0 Å². The molecule has 1 atom stereocenters. The summed E-state index contributed by atoms with van der Waals surface area (Å²) in [5, 5.41) is 3.23. The first-order valence-corrected chi connectivity index (χ1v) is 5.93. The average Bonchev–Trinajstić information content (AvgIpc) is 2.81. The van der Waals surface area contributed by atoms with Crippen LogP contribution in [0.4, 0.5) is 13.2 Å². The summed E-state index contributed by atoms with van der Waals surface area (Å²) in [6, 6.07) is 3.69. The van der Waals surface area contributed by atoms with E-state index >= 15 is 0 Å². The lowest BCUT2D eigenvalue weighted by molar-refractivity contribution is -0.141. The van der Waals surface area contributed by atoms with Crippen LogP contribution in [0.3, 0.4) is 0 Å². The first-order valence-electron chi connectivity index (χ1n) is 5.93. The van der Waals surface area contributed by atoms with Crippen LogP contribution in [0.5, 0.6) is 5.88 Å². The second-order valence-electron chi connectivity index (χ2n) is 4.35. The Hall–Kier alpha value is -1.30. The molecule has 0 amide bonds. The molecule has 1 aliphatic rings. The van der Waals surface area contributed by atoms with Crippen molar-refractivity contribution < 1.29 is 17.9 Å². The van der Waals surface area contributed by atoms with Gasteiger partial charge in [0.2, 0.25) is 5.88 Å². The summed E-state index contributed by atoms with van der Waals surface area (Å²) >= 11 is 0. The van der Waals surface area contributed by atoms with Gasteiger partial charge in [0, 0.05) is 6.07 Å². The number of hydrogen-bond donors (Lipinski definition) is 1. The van der Waals surface area contributed by atoms with E-state index in [2.05, 4.69) is 10.3 Å². The highest BCUT2D eigenvalue weighted by atomic mass is 19.4. The highest BCUT2D eigenvalue weighted by Gasteiger charge is 2.32. The summed E-state index contributed by atoms with van der Waals surface area (Å²) in [6.45, 7) is 2.37. The molecule has 100 valence electrons. The smallest absolute Gasteiger partial charge is 0.433 e. The third-order valence-electron chi connectivity index (χ3n) is 2.95. The van der Waals surface area contributed by atoms with Crippen LogP contribution in [0.1, 0.15) is 18.5 Å². The SMILES string of the molecule is FC(F)(F)c1cccc(OCCC2CCNC2)n1. The topological polar surface area (TPSA) is 34.1 Å². The molecule has 1 aromatic rings. The maximum absolute atomic E-state index is 12.4. The summed E-state index contributed by atoms with van der Waals surface area (Å²) in [6.07, 6.45) is -2.49. The minimum Gasteiger partial charge on any atom is -0.478 e. The van der Waals surface area contributed by atoms with Gasteiger partial charge < -0.3 is 10.1 Å². The van der Waals surface area contributed by atoms with Gasteiger partial charge in [0.25, 0.3) is 0 Å². The quantitative estimate of drug-likeness (QED) is 0.903. The van der Waals surface area contributed by atoms with Gasteiger partial charge in [-0.05, 0) is 37.9 Å². The van der Waals surface area contributed by atoms with E-state index < -0.39 is 11.9 Å². The number of rotatable bonds is 4. The number of aromatic nitrogens is 1. The van der Waals surface area contributed by atoms with Crippen molar-refractivity contribution in [3.05, 3.63) is 23.9 Å². The number of alkyl halides is 3. The molecule has 0 saturated carbocycles. The molecule has 1 fully saturated rings. The number of nitrogens with zero attached hydrogens (tertiary/aromatic N) is 1.